The molecule has 0 aliphatic carbocycles. The van der Waals surface area contributed by atoms with Gasteiger partial charge in [-0.3, -0.25) is 19.5 Å². The van der Waals surface area contributed by atoms with E-state index in [1.54, 1.807) is 32.0 Å². The van der Waals surface area contributed by atoms with E-state index in [0.717, 1.165) is 22.9 Å². The summed E-state index contributed by atoms with van der Waals surface area (Å²) in [6.45, 7) is 3.23. The van der Waals surface area contributed by atoms with E-state index < -0.39 is 38.1 Å². The fourth-order valence-corrected chi connectivity index (χ4v) is 5.08. The van der Waals surface area contributed by atoms with Crippen LogP contribution in [0.25, 0.3) is 0 Å². The molecule has 1 aliphatic rings. The van der Waals surface area contributed by atoms with Crippen molar-refractivity contribution in [1.82, 2.24) is 4.57 Å². The van der Waals surface area contributed by atoms with E-state index in [1.807, 2.05) is 0 Å². The SMILES string of the molecule is CC1(C)Oc2ccc(S(=O)(=O)c3ccccc3)cc2[C@@H](n2cc([N+](=O)[O-])ccc2=O)[C@@H]1O. The highest BCUT2D eigenvalue weighted by molar-refractivity contribution is 7.91. The van der Waals surface area contributed by atoms with Gasteiger partial charge in [-0.25, -0.2) is 8.42 Å². The van der Waals surface area contributed by atoms with Gasteiger partial charge in [-0.2, -0.15) is 0 Å². The molecule has 0 amide bonds. The third kappa shape index (κ3) is 3.57. The molecule has 0 radical (unpaired) electrons. The molecule has 1 aromatic heterocycles. The van der Waals surface area contributed by atoms with Crippen LogP contribution in [-0.2, 0) is 9.84 Å². The Labute approximate surface area is 183 Å². The van der Waals surface area contributed by atoms with Crippen molar-refractivity contribution in [3.63, 3.8) is 0 Å². The molecule has 0 fully saturated rings. The Bertz CT molecular complexity index is 1360. The van der Waals surface area contributed by atoms with Gasteiger partial charge >= 0.3 is 0 Å². The number of aromatic nitrogens is 1. The van der Waals surface area contributed by atoms with Gasteiger partial charge in [-0.05, 0) is 44.2 Å². The third-order valence-corrected chi connectivity index (χ3v) is 7.25. The number of nitro groups is 1. The molecular formula is C22H20N2O7S. The molecule has 0 saturated carbocycles. The number of aliphatic hydroxyl groups excluding tert-OH is 1. The number of hydrogen-bond donors (Lipinski definition) is 1. The van der Waals surface area contributed by atoms with E-state index in [9.17, 15) is 28.4 Å². The van der Waals surface area contributed by atoms with Crippen molar-refractivity contribution < 1.29 is 23.2 Å². The molecule has 10 heteroatoms. The lowest BCUT2D eigenvalue weighted by molar-refractivity contribution is -0.385. The van der Waals surface area contributed by atoms with Gasteiger partial charge < -0.3 is 9.84 Å². The van der Waals surface area contributed by atoms with Crippen LogP contribution in [0.1, 0.15) is 25.5 Å². The van der Waals surface area contributed by atoms with Crippen LogP contribution in [0.15, 0.2) is 81.4 Å². The first-order chi connectivity index (χ1) is 15.0. The van der Waals surface area contributed by atoms with Crippen LogP contribution in [0.3, 0.4) is 0 Å². The first-order valence-electron chi connectivity index (χ1n) is 9.70. The predicted octanol–water partition coefficient (Wildman–Crippen LogP) is 2.71. The van der Waals surface area contributed by atoms with Crippen molar-refractivity contribution in [2.45, 2.75) is 41.4 Å². The highest BCUT2D eigenvalue weighted by Gasteiger charge is 2.45. The van der Waals surface area contributed by atoms with Gasteiger partial charge in [-0.1, -0.05) is 18.2 Å². The molecule has 166 valence electrons. The summed E-state index contributed by atoms with van der Waals surface area (Å²) in [7, 11) is -3.89. The summed E-state index contributed by atoms with van der Waals surface area (Å²) in [5, 5.41) is 22.3. The Balaban J connectivity index is 1.94. The molecule has 9 nitrogen and oxygen atoms in total. The Morgan fingerprint density at radius 1 is 1.06 bits per heavy atom. The first kappa shape index (κ1) is 21.7. The van der Waals surface area contributed by atoms with E-state index in [2.05, 4.69) is 0 Å². The highest BCUT2D eigenvalue weighted by atomic mass is 32.2. The standard InChI is InChI=1S/C22H20N2O7S/c1-22(2)21(26)20(23-13-14(24(27)28)8-11-19(23)25)17-12-16(9-10-18(17)31-22)32(29,30)15-6-4-3-5-7-15/h3-13,20-21,26H,1-2H3/t20-,21+/m1/s1. The van der Waals surface area contributed by atoms with Crippen molar-refractivity contribution in [2.24, 2.45) is 0 Å². The fraction of sp³-hybridized carbons (Fsp3) is 0.227. The van der Waals surface area contributed by atoms with Gasteiger partial charge in [0, 0.05) is 17.7 Å². The first-order valence-corrected chi connectivity index (χ1v) is 11.2. The molecule has 1 N–H and O–H groups in total. The zero-order chi connectivity index (χ0) is 23.3. The molecule has 1 aliphatic heterocycles. The van der Waals surface area contributed by atoms with Crippen LogP contribution >= 0.6 is 0 Å². The van der Waals surface area contributed by atoms with Gasteiger partial charge in [0.05, 0.1) is 27.0 Å². The van der Waals surface area contributed by atoms with E-state index in [4.69, 9.17) is 4.74 Å². The van der Waals surface area contributed by atoms with E-state index in [0.29, 0.717) is 0 Å². The van der Waals surface area contributed by atoms with Crippen LogP contribution < -0.4 is 10.3 Å². The van der Waals surface area contributed by atoms with Crippen molar-refractivity contribution in [3.05, 3.63) is 92.9 Å². The number of rotatable bonds is 4. The Morgan fingerprint density at radius 2 is 1.75 bits per heavy atom. The molecule has 2 atom stereocenters. The summed E-state index contributed by atoms with van der Waals surface area (Å²) in [5.74, 6) is 0.274. The molecule has 0 bridgehead atoms. The van der Waals surface area contributed by atoms with Crippen LogP contribution in [0, 0.1) is 10.1 Å². The van der Waals surface area contributed by atoms with Crippen LogP contribution in [0.4, 0.5) is 5.69 Å². The second-order valence-electron chi connectivity index (χ2n) is 8.00. The molecule has 32 heavy (non-hydrogen) atoms. The summed E-state index contributed by atoms with van der Waals surface area (Å²) < 4.78 is 33.2. The zero-order valence-corrected chi connectivity index (χ0v) is 18.0. The maximum absolute atomic E-state index is 13.1. The van der Waals surface area contributed by atoms with Gasteiger partial charge in [0.15, 0.2) is 0 Å². The third-order valence-electron chi connectivity index (χ3n) is 5.48. The summed E-state index contributed by atoms with van der Waals surface area (Å²) in [4.78, 5) is 23.3. The lowest BCUT2D eigenvalue weighted by Crippen LogP contribution is -2.52. The summed E-state index contributed by atoms with van der Waals surface area (Å²) >= 11 is 0. The number of nitrogens with zero attached hydrogens (tertiary/aromatic N) is 2. The largest absolute Gasteiger partial charge is 0.485 e. The lowest BCUT2D eigenvalue weighted by Gasteiger charge is -2.42. The summed E-state index contributed by atoms with van der Waals surface area (Å²) in [5.41, 5.74) is -1.84. The second-order valence-corrected chi connectivity index (χ2v) is 9.95. The van der Waals surface area contributed by atoms with E-state index >= 15 is 0 Å². The average molecular weight is 456 g/mol. The van der Waals surface area contributed by atoms with Crippen molar-refractivity contribution in [1.29, 1.82) is 0 Å². The number of pyridine rings is 1. The van der Waals surface area contributed by atoms with Gasteiger partial charge in [0.2, 0.25) is 9.84 Å². The molecule has 2 aromatic carbocycles. The van der Waals surface area contributed by atoms with Crippen LogP contribution in [0.2, 0.25) is 0 Å². The van der Waals surface area contributed by atoms with Crippen LogP contribution in [-0.4, -0.2) is 34.7 Å². The lowest BCUT2D eigenvalue weighted by atomic mass is 9.86. The molecule has 0 unspecified atom stereocenters. The zero-order valence-electron chi connectivity index (χ0n) is 17.2. The fourth-order valence-electron chi connectivity index (χ4n) is 3.77. The summed E-state index contributed by atoms with van der Waals surface area (Å²) in [6, 6.07) is 13.0. The average Bonchev–Trinajstić information content (AvgIpc) is 2.75. The Kier molecular flexibility index (Phi) is 5.14. The van der Waals surface area contributed by atoms with E-state index in [1.165, 1.54) is 30.3 Å². The number of fused-ring (bicyclic) bond motifs is 1. The number of benzene rings is 2. The Hall–Kier alpha value is -3.50. The number of sulfone groups is 1. The van der Waals surface area contributed by atoms with E-state index in [-0.39, 0.29) is 26.8 Å². The predicted molar refractivity (Wildman–Crippen MR) is 115 cm³/mol. The quantitative estimate of drug-likeness (QED) is 0.472. The minimum Gasteiger partial charge on any atom is -0.485 e. The maximum Gasteiger partial charge on any atom is 0.285 e. The topological polar surface area (TPSA) is 129 Å². The van der Waals surface area contributed by atoms with Crippen molar-refractivity contribution in [3.8, 4) is 5.75 Å². The normalized spacial score (nSPS) is 19.6. The maximum atomic E-state index is 13.1. The minimum atomic E-state index is -3.89. The second kappa shape index (κ2) is 7.57. The Morgan fingerprint density at radius 3 is 2.41 bits per heavy atom. The monoisotopic (exact) mass is 456 g/mol. The number of aliphatic hydroxyl groups is 1. The minimum absolute atomic E-state index is 0.0542. The smallest absolute Gasteiger partial charge is 0.285 e. The van der Waals surface area contributed by atoms with Gasteiger partial charge in [0.25, 0.3) is 11.2 Å². The number of hydrogen-bond acceptors (Lipinski definition) is 7. The number of ether oxygens (including phenoxy) is 1. The molecule has 3 aromatic rings. The van der Waals surface area contributed by atoms with Crippen molar-refractivity contribution in [2.75, 3.05) is 0 Å². The molecule has 0 saturated heterocycles. The summed E-state index contributed by atoms with van der Waals surface area (Å²) in [6.07, 6.45) is -0.260. The molecule has 2 heterocycles. The molecular weight excluding hydrogens is 436 g/mol. The highest BCUT2D eigenvalue weighted by Crippen LogP contribution is 2.43. The molecule has 0 spiro atoms. The van der Waals surface area contributed by atoms with Gasteiger partial charge in [-0.15, -0.1) is 0 Å². The van der Waals surface area contributed by atoms with Gasteiger partial charge in [0.1, 0.15) is 17.5 Å². The van der Waals surface area contributed by atoms with Crippen LogP contribution in [0.5, 0.6) is 5.75 Å². The molecule has 4 rings (SSSR count). The van der Waals surface area contributed by atoms with Crippen molar-refractivity contribution >= 4 is 15.5 Å².